The Morgan fingerprint density at radius 3 is 2.57 bits per heavy atom. The number of amides is 1. The van der Waals surface area contributed by atoms with Gasteiger partial charge in [-0.25, -0.2) is 0 Å². The molecule has 1 atom stereocenters. The lowest BCUT2D eigenvalue weighted by atomic mass is 10.0. The number of rotatable bonds is 1. The van der Waals surface area contributed by atoms with E-state index in [1.807, 2.05) is 18.2 Å². The zero-order valence-corrected chi connectivity index (χ0v) is 12.9. The maximum Gasteiger partial charge on any atom is 0.264 e. The molecule has 0 aliphatic carbocycles. The number of hydrogen-bond donors (Lipinski definition) is 1. The standard InChI is InChI=1S/C15H9Cl3N2O/c16-8-5-6-12-10(7-8)13(20-14(18)15(21)19-12)9-3-1-2-4-11(9)17/h1-7,14H,(H,19,21). The van der Waals surface area contributed by atoms with E-state index in [0.29, 0.717) is 32.6 Å². The number of carbonyl (C=O) groups is 1. The molecule has 1 unspecified atom stereocenters. The van der Waals surface area contributed by atoms with E-state index < -0.39 is 5.50 Å². The number of carbonyl (C=O) groups excluding carboxylic acids is 1. The van der Waals surface area contributed by atoms with Crippen LogP contribution in [-0.2, 0) is 4.79 Å². The minimum atomic E-state index is -1.03. The third-order valence-electron chi connectivity index (χ3n) is 3.08. The average Bonchev–Trinajstić information content (AvgIpc) is 2.58. The number of benzene rings is 2. The average molecular weight is 340 g/mol. The molecule has 0 saturated carbocycles. The fraction of sp³-hybridized carbons (Fsp3) is 0.0667. The minimum Gasteiger partial charge on any atom is -0.322 e. The molecule has 3 nitrogen and oxygen atoms in total. The van der Waals surface area contributed by atoms with Gasteiger partial charge >= 0.3 is 0 Å². The summed E-state index contributed by atoms with van der Waals surface area (Å²) in [6.45, 7) is 0. The number of nitrogens with one attached hydrogen (secondary N) is 1. The van der Waals surface area contributed by atoms with Gasteiger partial charge in [0.15, 0.2) is 0 Å². The van der Waals surface area contributed by atoms with E-state index >= 15 is 0 Å². The predicted octanol–water partition coefficient (Wildman–Crippen LogP) is 4.35. The largest absolute Gasteiger partial charge is 0.322 e. The van der Waals surface area contributed by atoms with E-state index in [0.717, 1.165) is 0 Å². The van der Waals surface area contributed by atoms with Crippen LogP contribution in [0.4, 0.5) is 5.69 Å². The molecule has 6 heteroatoms. The van der Waals surface area contributed by atoms with E-state index in [1.165, 1.54) is 0 Å². The molecule has 3 rings (SSSR count). The van der Waals surface area contributed by atoms with Gasteiger partial charge in [-0.1, -0.05) is 53.0 Å². The molecule has 0 fully saturated rings. The van der Waals surface area contributed by atoms with Crippen LogP contribution in [0.3, 0.4) is 0 Å². The van der Waals surface area contributed by atoms with Gasteiger partial charge in [0.2, 0.25) is 5.50 Å². The Balaban J connectivity index is 2.27. The number of fused-ring (bicyclic) bond motifs is 1. The summed E-state index contributed by atoms with van der Waals surface area (Å²) in [4.78, 5) is 16.2. The number of alkyl halides is 1. The van der Waals surface area contributed by atoms with Gasteiger partial charge < -0.3 is 5.32 Å². The molecule has 1 amide bonds. The minimum absolute atomic E-state index is 0.387. The van der Waals surface area contributed by atoms with Gasteiger partial charge in [0.1, 0.15) is 0 Å². The zero-order valence-electron chi connectivity index (χ0n) is 10.6. The van der Waals surface area contributed by atoms with Gasteiger partial charge in [-0.05, 0) is 24.3 Å². The lowest BCUT2D eigenvalue weighted by molar-refractivity contribution is -0.115. The normalized spacial score (nSPS) is 17.6. The van der Waals surface area contributed by atoms with Crippen molar-refractivity contribution in [1.29, 1.82) is 0 Å². The van der Waals surface area contributed by atoms with Gasteiger partial charge in [0, 0.05) is 21.2 Å². The first-order valence-electron chi connectivity index (χ1n) is 6.14. The summed E-state index contributed by atoms with van der Waals surface area (Å²) < 4.78 is 0. The van der Waals surface area contributed by atoms with Crippen LogP contribution < -0.4 is 5.32 Å². The molecule has 0 aromatic heterocycles. The summed E-state index contributed by atoms with van der Waals surface area (Å²) >= 11 is 18.3. The molecular weight excluding hydrogens is 331 g/mol. The number of aliphatic imine (C=N–C) groups is 1. The van der Waals surface area contributed by atoms with Crippen molar-refractivity contribution in [3.63, 3.8) is 0 Å². The molecule has 0 bridgehead atoms. The van der Waals surface area contributed by atoms with Crippen LogP contribution in [0, 0.1) is 0 Å². The Labute approximate surface area is 136 Å². The highest BCUT2D eigenvalue weighted by Gasteiger charge is 2.25. The molecule has 1 N–H and O–H groups in total. The van der Waals surface area contributed by atoms with Crippen molar-refractivity contribution in [2.45, 2.75) is 5.50 Å². The van der Waals surface area contributed by atoms with Gasteiger partial charge in [-0.2, -0.15) is 0 Å². The van der Waals surface area contributed by atoms with Crippen molar-refractivity contribution < 1.29 is 4.79 Å². The molecule has 1 aliphatic heterocycles. The SMILES string of the molecule is O=C1Nc2ccc(Cl)cc2C(c2ccccc2Cl)=NC1Cl. The number of anilines is 1. The second kappa shape index (κ2) is 5.68. The molecule has 1 heterocycles. The summed E-state index contributed by atoms with van der Waals surface area (Å²) in [6.07, 6.45) is 0. The van der Waals surface area contributed by atoms with Gasteiger partial charge in [0.05, 0.1) is 11.4 Å². The second-order valence-corrected chi connectivity index (χ2v) is 5.73. The molecule has 0 spiro atoms. The van der Waals surface area contributed by atoms with Crippen molar-refractivity contribution in [2.24, 2.45) is 4.99 Å². The first-order valence-corrected chi connectivity index (χ1v) is 7.33. The van der Waals surface area contributed by atoms with E-state index in [9.17, 15) is 4.79 Å². The number of halogens is 3. The highest BCUT2D eigenvalue weighted by molar-refractivity contribution is 6.39. The summed E-state index contributed by atoms with van der Waals surface area (Å²) in [5.41, 5.74) is 1.50. The summed E-state index contributed by atoms with van der Waals surface area (Å²) in [7, 11) is 0. The highest BCUT2D eigenvalue weighted by Crippen LogP contribution is 2.30. The number of nitrogens with zero attached hydrogens (tertiary/aromatic N) is 1. The number of benzodiazepines with no additional fused rings is 1. The Hall–Kier alpha value is -1.55. The smallest absolute Gasteiger partial charge is 0.264 e. The topological polar surface area (TPSA) is 41.5 Å². The molecule has 1 aliphatic rings. The van der Waals surface area contributed by atoms with Crippen LogP contribution in [0.2, 0.25) is 10.0 Å². The van der Waals surface area contributed by atoms with Crippen LogP contribution in [0.1, 0.15) is 11.1 Å². The second-order valence-electron chi connectivity index (χ2n) is 4.47. The summed E-state index contributed by atoms with van der Waals surface area (Å²) in [6, 6.07) is 12.4. The first-order chi connectivity index (χ1) is 10.1. The van der Waals surface area contributed by atoms with Crippen LogP contribution in [-0.4, -0.2) is 17.1 Å². The molecule has 0 radical (unpaired) electrons. The van der Waals surface area contributed by atoms with Crippen molar-refractivity contribution in [3.05, 3.63) is 63.6 Å². The van der Waals surface area contributed by atoms with Gasteiger partial charge in [-0.15, -0.1) is 0 Å². The maximum absolute atomic E-state index is 11.9. The quantitative estimate of drug-likeness (QED) is 0.609. The van der Waals surface area contributed by atoms with Crippen LogP contribution in [0.15, 0.2) is 47.5 Å². The Morgan fingerprint density at radius 2 is 1.81 bits per heavy atom. The fourth-order valence-electron chi connectivity index (χ4n) is 2.12. The monoisotopic (exact) mass is 338 g/mol. The lowest BCUT2D eigenvalue weighted by Gasteiger charge is -2.11. The molecule has 2 aromatic rings. The zero-order chi connectivity index (χ0) is 15.0. The first kappa shape index (κ1) is 14.4. The maximum atomic E-state index is 11.9. The lowest BCUT2D eigenvalue weighted by Crippen LogP contribution is -2.20. The summed E-state index contributed by atoms with van der Waals surface area (Å²) in [5, 5.41) is 3.80. The van der Waals surface area contributed by atoms with E-state index in [4.69, 9.17) is 34.8 Å². The molecule has 0 saturated heterocycles. The van der Waals surface area contributed by atoms with Crippen molar-refractivity contribution in [3.8, 4) is 0 Å². The van der Waals surface area contributed by atoms with Gasteiger partial charge in [0.25, 0.3) is 5.91 Å². The van der Waals surface area contributed by atoms with Crippen LogP contribution in [0.5, 0.6) is 0 Å². The van der Waals surface area contributed by atoms with Crippen molar-refractivity contribution >= 4 is 52.1 Å². The van der Waals surface area contributed by atoms with E-state index in [2.05, 4.69) is 10.3 Å². The number of hydrogen-bond acceptors (Lipinski definition) is 2. The molecule has 21 heavy (non-hydrogen) atoms. The fourth-order valence-corrected chi connectivity index (χ4v) is 2.67. The Bertz CT molecular complexity index is 758. The van der Waals surface area contributed by atoms with Crippen molar-refractivity contribution in [1.82, 2.24) is 0 Å². The molecular formula is C15H9Cl3N2O. The third kappa shape index (κ3) is 2.77. The Kier molecular flexibility index (Phi) is 3.89. The van der Waals surface area contributed by atoms with Crippen molar-refractivity contribution in [2.75, 3.05) is 5.32 Å². The molecule has 2 aromatic carbocycles. The van der Waals surface area contributed by atoms with E-state index in [-0.39, 0.29) is 5.91 Å². The Morgan fingerprint density at radius 1 is 1.05 bits per heavy atom. The van der Waals surface area contributed by atoms with Crippen LogP contribution >= 0.6 is 34.8 Å². The highest BCUT2D eigenvalue weighted by atomic mass is 35.5. The predicted molar refractivity (Wildman–Crippen MR) is 86.8 cm³/mol. The van der Waals surface area contributed by atoms with Gasteiger partial charge in [-0.3, -0.25) is 9.79 Å². The third-order valence-corrected chi connectivity index (χ3v) is 3.94. The van der Waals surface area contributed by atoms with E-state index in [1.54, 1.807) is 24.3 Å². The van der Waals surface area contributed by atoms with Crippen LogP contribution in [0.25, 0.3) is 0 Å². The summed E-state index contributed by atoms with van der Waals surface area (Å²) in [5.74, 6) is -0.387. The molecule has 106 valence electrons.